The number of amides is 1. The molecule has 110 valence electrons. The van der Waals surface area contributed by atoms with Gasteiger partial charge in [-0.3, -0.25) is 4.79 Å². The standard InChI is InChI=1S/C16H19N3OS/c1-11-4-3-7-17-14(11)15(20)19-13-6-2-5-12(10-13)16-18-8-9-21-16/h2,5-6,8-11,14,17H,3-4,7H2,1H3,(H,19,20). The van der Waals surface area contributed by atoms with Crippen LogP contribution in [0.25, 0.3) is 10.6 Å². The number of carbonyl (C=O) groups excluding carboxylic acids is 1. The normalized spacial score (nSPS) is 22.0. The molecular formula is C16H19N3OS. The highest BCUT2D eigenvalue weighted by Gasteiger charge is 2.27. The van der Waals surface area contributed by atoms with Crippen LogP contribution in [-0.2, 0) is 4.79 Å². The number of anilines is 1. The van der Waals surface area contributed by atoms with Crippen LogP contribution in [-0.4, -0.2) is 23.5 Å². The average Bonchev–Trinajstić information content (AvgIpc) is 3.02. The van der Waals surface area contributed by atoms with Gasteiger partial charge in [0.25, 0.3) is 0 Å². The van der Waals surface area contributed by atoms with Crippen LogP contribution in [0.3, 0.4) is 0 Å². The maximum Gasteiger partial charge on any atom is 0.241 e. The van der Waals surface area contributed by atoms with Gasteiger partial charge in [-0.25, -0.2) is 4.98 Å². The summed E-state index contributed by atoms with van der Waals surface area (Å²) in [4.78, 5) is 16.7. The summed E-state index contributed by atoms with van der Waals surface area (Å²) in [5.74, 6) is 0.430. The Balaban J connectivity index is 1.73. The molecule has 1 aromatic carbocycles. The van der Waals surface area contributed by atoms with Crippen LogP contribution < -0.4 is 10.6 Å². The average molecular weight is 301 g/mol. The smallest absolute Gasteiger partial charge is 0.241 e. The molecule has 2 heterocycles. The van der Waals surface area contributed by atoms with Crippen molar-refractivity contribution in [2.45, 2.75) is 25.8 Å². The van der Waals surface area contributed by atoms with E-state index in [9.17, 15) is 4.79 Å². The monoisotopic (exact) mass is 301 g/mol. The molecule has 1 amide bonds. The van der Waals surface area contributed by atoms with Gasteiger partial charge in [0.15, 0.2) is 0 Å². The second kappa shape index (κ2) is 6.37. The predicted molar refractivity (Wildman–Crippen MR) is 86.4 cm³/mol. The van der Waals surface area contributed by atoms with Crippen LogP contribution >= 0.6 is 11.3 Å². The molecule has 3 rings (SSSR count). The Morgan fingerprint density at radius 1 is 1.48 bits per heavy atom. The van der Waals surface area contributed by atoms with E-state index < -0.39 is 0 Å². The van der Waals surface area contributed by atoms with Crippen molar-refractivity contribution < 1.29 is 4.79 Å². The molecule has 0 spiro atoms. The SMILES string of the molecule is CC1CCCNC1C(=O)Nc1cccc(-c2nccs2)c1. The van der Waals surface area contributed by atoms with E-state index in [0.29, 0.717) is 5.92 Å². The van der Waals surface area contributed by atoms with Crippen LogP contribution in [0.2, 0.25) is 0 Å². The van der Waals surface area contributed by atoms with Crippen molar-refractivity contribution in [2.24, 2.45) is 5.92 Å². The summed E-state index contributed by atoms with van der Waals surface area (Å²) >= 11 is 1.60. The lowest BCUT2D eigenvalue weighted by Gasteiger charge is -2.28. The van der Waals surface area contributed by atoms with Crippen LogP contribution in [0.4, 0.5) is 5.69 Å². The molecule has 4 nitrogen and oxygen atoms in total. The first-order valence-electron chi connectivity index (χ1n) is 7.28. The maximum atomic E-state index is 12.4. The third-order valence-corrected chi connectivity index (χ3v) is 4.68. The molecule has 1 aromatic heterocycles. The van der Waals surface area contributed by atoms with Gasteiger partial charge in [-0.2, -0.15) is 0 Å². The number of thiazole rings is 1. The van der Waals surface area contributed by atoms with Gasteiger partial charge < -0.3 is 10.6 Å². The van der Waals surface area contributed by atoms with E-state index in [-0.39, 0.29) is 11.9 Å². The fraction of sp³-hybridized carbons (Fsp3) is 0.375. The van der Waals surface area contributed by atoms with Crippen LogP contribution in [0, 0.1) is 5.92 Å². The number of nitrogens with one attached hydrogen (secondary N) is 2. The first-order chi connectivity index (χ1) is 10.2. The summed E-state index contributed by atoms with van der Waals surface area (Å²) in [5, 5.41) is 9.25. The van der Waals surface area contributed by atoms with Crippen molar-refractivity contribution >= 4 is 22.9 Å². The van der Waals surface area contributed by atoms with E-state index in [4.69, 9.17) is 0 Å². The Kier molecular flexibility index (Phi) is 4.31. The van der Waals surface area contributed by atoms with E-state index in [2.05, 4.69) is 22.5 Å². The van der Waals surface area contributed by atoms with Crippen LogP contribution in [0.5, 0.6) is 0 Å². The molecule has 2 N–H and O–H groups in total. The first-order valence-corrected chi connectivity index (χ1v) is 8.16. The minimum Gasteiger partial charge on any atom is -0.325 e. The molecule has 21 heavy (non-hydrogen) atoms. The zero-order chi connectivity index (χ0) is 14.7. The molecule has 2 unspecified atom stereocenters. The Bertz CT molecular complexity index is 612. The Morgan fingerprint density at radius 3 is 3.14 bits per heavy atom. The lowest BCUT2D eigenvalue weighted by molar-refractivity contribution is -0.119. The van der Waals surface area contributed by atoms with Gasteiger partial charge in [0.2, 0.25) is 5.91 Å². The lowest BCUT2D eigenvalue weighted by atomic mass is 9.92. The maximum absolute atomic E-state index is 12.4. The molecular weight excluding hydrogens is 282 g/mol. The van der Waals surface area contributed by atoms with Gasteiger partial charge in [-0.05, 0) is 37.4 Å². The van der Waals surface area contributed by atoms with E-state index in [1.807, 2.05) is 29.6 Å². The Labute approximate surface area is 128 Å². The van der Waals surface area contributed by atoms with Gasteiger partial charge in [0.1, 0.15) is 5.01 Å². The Morgan fingerprint density at radius 2 is 2.38 bits per heavy atom. The van der Waals surface area contributed by atoms with Gasteiger partial charge in [-0.15, -0.1) is 11.3 Å². The minimum atomic E-state index is -0.0951. The summed E-state index contributed by atoms with van der Waals surface area (Å²) in [7, 11) is 0. The zero-order valence-corrected chi connectivity index (χ0v) is 12.8. The molecule has 1 aliphatic heterocycles. The largest absolute Gasteiger partial charge is 0.325 e. The number of piperidine rings is 1. The highest BCUT2D eigenvalue weighted by Crippen LogP contribution is 2.25. The zero-order valence-electron chi connectivity index (χ0n) is 12.0. The molecule has 5 heteroatoms. The van der Waals surface area contributed by atoms with E-state index >= 15 is 0 Å². The van der Waals surface area contributed by atoms with Crippen molar-refractivity contribution in [3.63, 3.8) is 0 Å². The third kappa shape index (κ3) is 3.31. The van der Waals surface area contributed by atoms with Crippen LogP contribution in [0.1, 0.15) is 19.8 Å². The topological polar surface area (TPSA) is 54.0 Å². The quantitative estimate of drug-likeness (QED) is 0.915. The first kappa shape index (κ1) is 14.2. The molecule has 2 atom stereocenters. The van der Waals surface area contributed by atoms with E-state index in [1.54, 1.807) is 17.5 Å². The number of nitrogens with zero attached hydrogens (tertiary/aromatic N) is 1. The van der Waals surface area contributed by atoms with Gasteiger partial charge in [0.05, 0.1) is 6.04 Å². The summed E-state index contributed by atoms with van der Waals surface area (Å²) < 4.78 is 0. The summed E-state index contributed by atoms with van der Waals surface area (Å²) in [6, 6.07) is 7.76. The highest BCUT2D eigenvalue weighted by molar-refractivity contribution is 7.13. The Hall–Kier alpha value is -1.72. The number of rotatable bonds is 3. The summed E-state index contributed by atoms with van der Waals surface area (Å²) in [5.41, 5.74) is 1.86. The fourth-order valence-electron chi connectivity index (χ4n) is 2.72. The molecule has 1 saturated heterocycles. The van der Waals surface area contributed by atoms with Crippen molar-refractivity contribution in [1.82, 2.24) is 10.3 Å². The molecule has 2 aromatic rings. The molecule has 0 saturated carbocycles. The summed E-state index contributed by atoms with van der Waals surface area (Å²) in [6.45, 7) is 3.05. The predicted octanol–water partition coefficient (Wildman–Crippen LogP) is 3.14. The van der Waals surface area contributed by atoms with Crippen molar-refractivity contribution in [3.05, 3.63) is 35.8 Å². The van der Waals surface area contributed by atoms with Crippen molar-refractivity contribution in [1.29, 1.82) is 0 Å². The molecule has 1 aliphatic rings. The van der Waals surface area contributed by atoms with Gasteiger partial charge in [-0.1, -0.05) is 19.1 Å². The summed E-state index contributed by atoms with van der Waals surface area (Å²) in [6.07, 6.45) is 4.04. The number of hydrogen-bond donors (Lipinski definition) is 2. The number of carbonyl (C=O) groups is 1. The lowest BCUT2D eigenvalue weighted by Crippen LogP contribution is -2.48. The van der Waals surface area contributed by atoms with Crippen LogP contribution in [0.15, 0.2) is 35.8 Å². The third-order valence-electron chi connectivity index (χ3n) is 3.86. The molecule has 0 aliphatic carbocycles. The second-order valence-corrected chi connectivity index (χ2v) is 6.35. The van der Waals surface area contributed by atoms with Gasteiger partial charge >= 0.3 is 0 Å². The van der Waals surface area contributed by atoms with Crippen molar-refractivity contribution in [2.75, 3.05) is 11.9 Å². The minimum absolute atomic E-state index is 0.0542. The number of hydrogen-bond acceptors (Lipinski definition) is 4. The second-order valence-electron chi connectivity index (χ2n) is 5.46. The van der Waals surface area contributed by atoms with E-state index in [0.717, 1.165) is 35.6 Å². The number of benzene rings is 1. The van der Waals surface area contributed by atoms with E-state index in [1.165, 1.54) is 0 Å². The number of aromatic nitrogens is 1. The highest BCUT2D eigenvalue weighted by atomic mass is 32.1. The fourth-order valence-corrected chi connectivity index (χ4v) is 3.35. The molecule has 0 bridgehead atoms. The van der Waals surface area contributed by atoms with Crippen molar-refractivity contribution in [3.8, 4) is 10.6 Å². The van der Waals surface area contributed by atoms with Gasteiger partial charge in [0, 0.05) is 22.8 Å². The molecule has 0 radical (unpaired) electrons. The molecule has 1 fully saturated rings.